The molecule has 0 aliphatic heterocycles. The Kier molecular flexibility index (Phi) is 4.03. The average molecular weight is 317 g/mol. The quantitative estimate of drug-likeness (QED) is 0.814. The van der Waals surface area contributed by atoms with E-state index in [-0.39, 0.29) is 10.6 Å². The highest BCUT2D eigenvalue weighted by Crippen LogP contribution is 2.31. The van der Waals surface area contributed by atoms with Gasteiger partial charge in [-0.05, 0) is 35.8 Å². The highest BCUT2D eigenvalue weighted by Gasteiger charge is 2.30. The molecule has 0 unspecified atom stereocenters. The molecule has 0 spiro atoms. The summed E-state index contributed by atoms with van der Waals surface area (Å²) in [5, 5.41) is 5.30. The van der Waals surface area contributed by atoms with Crippen LogP contribution in [0, 0.1) is 0 Å². The van der Waals surface area contributed by atoms with Crippen molar-refractivity contribution in [3.8, 4) is 0 Å². The number of aromatic nitrogens is 1. The van der Waals surface area contributed by atoms with E-state index in [0.29, 0.717) is 5.69 Å². The van der Waals surface area contributed by atoms with Crippen LogP contribution in [-0.4, -0.2) is 17.3 Å². The largest absolute Gasteiger partial charge is 0.416 e. The molecule has 0 aliphatic carbocycles. The molecule has 1 amide bonds. The first-order valence-electron chi connectivity index (χ1n) is 5.70. The lowest BCUT2D eigenvalue weighted by Crippen LogP contribution is -2.24. The van der Waals surface area contributed by atoms with Crippen LogP contribution in [0.4, 0.5) is 23.9 Å². The van der Waals surface area contributed by atoms with Gasteiger partial charge in [-0.25, -0.2) is 0 Å². The van der Waals surface area contributed by atoms with Crippen LogP contribution in [0.2, 0.25) is 0 Å². The zero-order chi connectivity index (χ0) is 15.6. The molecule has 0 fully saturated rings. The molecule has 1 aromatic carbocycles. The van der Waals surface area contributed by atoms with E-state index in [1.807, 2.05) is 0 Å². The third-order valence-electron chi connectivity index (χ3n) is 2.62. The second-order valence-electron chi connectivity index (χ2n) is 4.02. The number of halogens is 3. The van der Waals surface area contributed by atoms with Gasteiger partial charge in [0.15, 0.2) is 0 Å². The number of benzene rings is 1. The molecule has 112 valence electrons. The molecule has 9 heteroatoms. The highest BCUT2D eigenvalue weighted by atomic mass is 32.1. The minimum atomic E-state index is -4.41. The molecule has 2 aromatic rings. The van der Waals surface area contributed by atoms with Crippen molar-refractivity contribution in [1.29, 1.82) is 0 Å². The Hall–Kier alpha value is -2.29. The van der Waals surface area contributed by atoms with Crippen LogP contribution in [0.25, 0.3) is 0 Å². The van der Waals surface area contributed by atoms with Gasteiger partial charge in [0.2, 0.25) is 0 Å². The maximum absolute atomic E-state index is 12.4. The number of H-pyrrole nitrogens is 1. The van der Waals surface area contributed by atoms with Gasteiger partial charge in [0, 0.05) is 12.7 Å². The van der Waals surface area contributed by atoms with Crippen molar-refractivity contribution in [2.45, 2.75) is 6.18 Å². The van der Waals surface area contributed by atoms with E-state index in [4.69, 9.17) is 0 Å². The fourth-order valence-corrected chi connectivity index (χ4v) is 2.35. The first-order valence-corrected chi connectivity index (χ1v) is 6.52. The summed E-state index contributed by atoms with van der Waals surface area (Å²) < 4.78 is 39.7. The lowest BCUT2D eigenvalue weighted by molar-refractivity contribution is -0.137. The van der Waals surface area contributed by atoms with E-state index in [1.165, 1.54) is 19.2 Å². The summed E-state index contributed by atoms with van der Waals surface area (Å²) in [6.07, 6.45) is -4.41. The number of hydrogen-bond acceptors (Lipinski definition) is 4. The van der Waals surface area contributed by atoms with E-state index < -0.39 is 23.2 Å². The summed E-state index contributed by atoms with van der Waals surface area (Å²) in [5.41, 5.74) is -1.11. The molecule has 0 aliphatic rings. The van der Waals surface area contributed by atoms with Crippen LogP contribution in [0.1, 0.15) is 15.9 Å². The normalized spacial score (nSPS) is 11.2. The van der Waals surface area contributed by atoms with Crippen LogP contribution in [0.3, 0.4) is 0 Å². The zero-order valence-corrected chi connectivity index (χ0v) is 11.5. The maximum Gasteiger partial charge on any atom is 0.416 e. The molecule has 1 aromatic heterocycles. The van der Waals surface area contributed by atoms with Crippen molar-refractivity contribution in [2.24, 2.45) is 0 Å². The summed E-state index contributed by atoms with van der Waals surface area (Å²) in [5.74, 6) is -0.577. The van der Waals surface area contributed by atoms with E-state index >= 15 is 0 Å². The lowest BCUT2D eigenvalue weighted by atomic mass is 10.2. The number of carbonyl (C=O) groups is 1. The van der Waals surface area contributed by atoms with Gasteiger partial charge in [-0.3, -0.25) is 14.0 Å². The molecule has 0 atom stereocenters. The topological polar surface area (TPSA) is 74.0 Å². The first kappa shape index (κ1) is 15.1. The number of carbonyl (C=O) groups excluding carboxylic acids is 1. The fraction of sp³-hybridized carbons (Fsp3) is 0.167. The molecule has 3 N–H and O–H groups in total. The van der Waals surface area contributed by atoms with Gasteiger partial charge >= 0.3 is 6.18 Å². The Bertz CT molecular complexity index is 704. The summed E-state index contributed by atoms with van der Waals surface area (Å²) in [7, 11) is 1.38. The summed E-state index contributed by atoms with van der Waals surface area (Å²) in [6.45, 7) is 0. The Morgan fingerprint density at radius 1 is 1.24 bits per heavy atom. The van der Waals surface area contributed by atoms with E-state index in [1.54, 1.807) is 0 Å². The average Bonchev–Trinajstić information content (AvgIpc) is 2.78. The molecule has 5 nitrogen and oxygen atoms in total. The molecule has 1 heterocycles. The van der Waals surface area contributed by atoms with Crippen LogP contribution >= 0.6 is 11.5 Å². The Labute approximate surface area is 121 Å². The van der Waals surface area contributed by atoms with Gasteiger partial charge in [0.1, 0.15) is 10.6 Å². The molecular formula is C12H10F3N3O2S. The zero-order valence-electron chi connectivity index (χ0n) is 10.7. The molecular weight excluding hydrogens is 307 g/mol. The number of nitrogens with one attached hydrogen (secondary N) is 3. The standard InChI is InChI=1S/C12H10F3N3O2S/c1-16-9(19)8-10(20)18-21-11(8)17-7-4-2-6(3-5-7)12(13,14)15/h2-5,17H,1H3,(H,16,19)(H,18,20). The van der Waals surface area contributed by atoms with Crippen molar-refractivity contribution < 1.29 is 18.0 Å². The summed E-state index contributed by atoms with van der Waals surface area (Å²) in [4.78, 5) is 23.1. The van der Waals surface area contributed by atoms with Gasteiger partial charge in [0.25, 0.3) is 11.5 Å². The molecule has 0 bridgehead atoms. The lowest BCUT2D eigenvalue weighted by Gasteiger charge is -2.09. The number of hydrogen-bond donors (Lipinski definition) is 3. The fourth-order valence-electron chi connectivity index (χ4n) is 1.60. The molecule has 21 heavy (non-hydrogen) atoms. The van der Waals surface area contributed by atoms with Crippen LogP contribution < -0.4 is 16.2 Å². The number of amides is 1. The summed E-state index contributed by atoms with van der Waals surface area (Å²) >= 11 is 0.893. The second kappa shape index (κ2) is 5.60. The van der Waals surface area contributed by atoms with Gasteiger partial charge in [-0.2, -0.15) is 13.2 Å². The number of aromatic amines is 1. The highest BCUT2D eigenvalue weighted by molar-refractivity contribution is 7.10. The van der Waals surface area contributed by atoms with Crippen molar-refractivity contribution in [2.75, 3.05) is 12.4 Å². The smallest absolute Gasteiger partial charge is 0.355 e. The van der Waals surface area contributed by atoms with Crippen LogP contribution in [0.5, 0.6) is 0 Å². The minimum Gasteiger partial charge on any atom is -0.355 e. The minimum absolute atomic E-state index is 0.109. The van der Waals surface area contributed by atoms with Crippen molar-refractivity contribution in [1.82, 2.24) is 9.69 Å². The maximum atomic E-state index is 12.4. The van der Waals surface area contributed by atoms with Crippen molar-refractivity contribution >= 4 is 28.1 Å². The second-order valence-corrected chi connectivity index (χ2v) is 4.83. The van der Waals surface area contributed by atoms with E-state index in [2.05, 4.69) is 15.0 Å². The van der Waals surface area contributed by atoms with Crippen molar-refractivity contribution in [3.63, 3.8) is 0 Å². The number of anilines is 2. The Balaban J connectivity index is 2.27. The Morgan fingerprint density at radius 3 is 2.38 bits per heavy atom. The molecule has 0 saturated heterocycles. The summed E-state index contributed by atoms with van der Waals surface area (Å²) in [6, 6.07) is 4.27. The van der Waals surface area contributed by atoms with E-state index in [0.717, 1.165) is 23.7 Å². The van der Waals surface area contributed by atoms with Crippen molar-refractivity contribution in [3.05, 3.63) is 45.7 Å². The number of rotatable bonds is 3. The van der Waals surface area contributed by atoms with Gasteiger partial charge in [-0.1, -0.05) is 0 Å². The van der Waals surface area contributed by atoms with Gasteiger partial charge < -0.3 is 10.6 Å². The van der Waals surface area contributed by atoms with Crippen LogP contribution in [-0.2, 0) is 6.18 Å². The van der Waals surface area contributed by atoms with Gasteiger partial charge in [-0.15, -0.1) is 0 Å². The Morgan fingerprint density at radius 2 is 1.86 bits per heavy atom. The van der Waals surface area contributed by atoms with Crippen LogP contribution in [0.15, 0.2) is 29.1 Å². The van der Waals surface area contributed by atoms with E-state index in [9.17, 15) is 22.8 Å². The molecule has 2 rings (SSSR count). The van der Waals surface area contributed by atoms with Gasteiger partial charge in [0.05, 0.1) is 5.56 Å². The SMILES string of the molecule is CNC(=O)c1c(Nc2ccc(C(F)(F)F)cc2)s[nH]c1=O. The third-order valence-corrected chi connectivity index (χ3v) is 3.42. The molecule has 0 saturated carbocycles. The third kappa shape index (κ3) is 3.24. The molecule has 0 radical (unpaired) electrons. The predicted molar refractivity (Wildman–Crippen MR) is 73.1 cm³/mol. The first-order chi connectivity index (χ1) is 9.82. The number of alkyl halides is 3. The predicted octanol–water partition coefficient (Wildman–Crippen LogP) is 2.56. The monoisotopic (exact) mass is 317 g/mol.